The van der Waals surface area contributed by atoms with Crippen molar-refractivity contribution in [3.8, 4) is 0 Å². The molecule has 2 aliphatic rings. The van der Waals surface area contributed by atoms with Gasteiger partial charge < -0.3 is 10.2 Å². The standard InChI is InChI=1S/C18H21F3N4O3S/c1-29-12(10-23-8-6-22-16(23)27)9-13-14(29)15(26)25(11-3-2-4-11)17(28)24(13)7-5-18(19,20)21/h9,11H,2-8,10H2,1H3/p+1. The molecule has 1 saturated heterocycles. The minimum Gasteiger partial charge on any atom is -0.336 e. The lowest BCUT2D eigenvalue weighted by Crippen LogP contribution is -2.44. The molecule has 1 aliphatic heterocycles. The second kappa shape index (κ2) is 7.19. The molecule has 1 unspecified atom stereocenters. The van der Waals surface area contributed by atoms with Crippen LogP contribution >= 0.6 is 10.5 Å². The van der Waals surface area contributed by atoms with E-state index in [-0.39, 0.29) is 24.1 Å². The number of hydrogen-bond donors (Lipinski definition) is 1. The molecule has 1 atom stereocenters. The molecule has 2 aromatic heterocycles. The third-order valence-corrected chi connectivity index (χ3v) is 7.75. The van der Waals surface area contributed by atoms with Gasteiger partial charge in [0.05, 0.1) is 13.0 Å². The van der Waals surface area contributed by atoms with E-state index >= 15 is 0 Å². The highest BCUT2D eigenvalue weighted by Gasteiger charge is 2.34. The summed E-state index contributed by atoms with van der Waals surface area (Å²) in [5.41, 5.74) is -0.808. The van der Waals surface area contributed by atoms with Crippen LogP contribution in [0.1, 0.15) is 36.6 Å². The number of aryl methyl sites for hydroxylation is 2. The van der Waals surface area contributed by atoms with Gasteiger partial charge in [0.15, 0.2) is 4.88 Å². The van der Waals surface area contributed by atoms with Gasteiger partial charge in [-0.2, -0.15) is 13.2 Å². The summed E-state index contributed by atoms with van der Waals surface area (Å²) in [5, 5.41) is 2.70. The molecule has 2 fully saturated rings. The number of carbonyl (C=O) groups excluding carboxylic acids is 1. The predicted molar refractivity (Wildman–Crippen MR) is 103 cm³/mol. The van der Waals surface area contributed by atoms with Gasteiger partial charge in [0.1, 0.15) is 11.8 Å². The van der Waals surface area contributed by atoms with Crippen LogP contribution in [0.15, 0.2) is 15.7 Å². The van der Waals surface area contributed by atoms with Crippen LogP contribution < -0.4 is 16.6 Å². The highest BCUT2D eigenvalue weighted by atomic mass is 32.2. The number of urea groups is 1. The Morgan fingerprint density at radius 2 is 1.97 bits per heavy atom. The van der Waals surface area contributed by atoms with E-state index in [9.17, 15) is 27.6 Å². The lowest BCUT2D eigenvalue weighted by atomic mass is 9.93. The average Bonchev–Trinajstić information content (AvgIpc) is 3.13. The largest absolute Gasteiger partial charge is 0.390 e. The summed E-state index contributed by atoms with van der Waals surface area (Å²) >= 11 is 0. The van der Waals surface area contributed by atoms with Crippen LogP contribution in [-0.2, 0) is 19.3 Å². The van der Waals surface area contributed by atoms with Crippen molar-refractivity contribution >= 4 is 26.7 Å². The number of hydrogen-bond acceptors (Lipinski definition) is 3. The van der Waals surface area contributed by atoms with Crippen molar-refractivity contribution in [3.63, 3.8) is 0 Å². The maximum absolute atomic E-state index is 13.1. The molecule has 1 N–H and O–H groups in total. The number of rotatable bonds is 5. The zero-order chi connectivity index (χ0) is 20.9. The maximum Gasteiger partial charge on any atom is 0.390 e. The first-order chi connectivity index (χ1) is 13.7. The average molecular weight is 431 g/mol. The molecule has 2 amide bonds. The molecular weight excluding hydrogens is 409 g/mol. The van der Waals surface area contributed by atoms with Gasteiger partial charge in [-0.3, -0.25) is 13.9 Å². The molecule has 0 aromatic carbocycles. The second-order valence-corrected chi connectivity index (χ2v) is 9.50. The van der Waals surface area contributed by atoms with Crippen LogP contribution in [-0.4, -0.2) is 39.3 Å². The van der Waals surface area contributed by atoms with Crippen LogP contribution in [0.25, 0.3) is 10.2 Å². The van der Waals surface area contributed by atoms with Crippen LogP contribution in [0, 0.1) is 0 Å². The Bertz CT molecular complexity index is 1080. The molecule has 2 aromatic rings. The molecule has 29 heavy (non-hydrogen) atoms. The number of amides is 2. The molecule has 7 nitrogen and oxygen atoms in total. The van der Waals surface area contributed by atoms with Crippen molar-refractivity contribution in [2.45, 2.75) is 51.0 Å². The van der Waals surface area contributed by atoms with Crippen LogP contribution in [0.2, 0.25) is 0 Å². The van der Waals surface area contributed by atoms with Gasteiger partial charge >= 0.3 is 23.5 Å². The van der Waals surface area contributed by atoms with E-state index in [4.69, 9.17) is 0 Å². The van der Waals surface area contributed by atoms with Crippen molar-refractivity contribution < 1.29 is 18.0 Å². The molecule has 0 radical (unpaired) electrons. The third-order valence-electron chi connectivity index (χ3n) is 5.72. The molecule has 11 heteroatoms. The van der Waals surface area contributed by atoms with E-state index in [1.54, 1.807) is 11.0 Å². The number of alkyl halides is 3. The monoisotopic (exact) mass is 431 g/mol. The molecule has 0 bridgehead atoms. The summed E-state index contributed by atoms with van der Waals surface area (Å²) < 4.78 is 41.2. The SMILES string of the molecule is C[s+]1c(CN2CCNC2=O)cc2c1c(=O)n(C1CCC1)c(=O)n2CCC(F)(F)F. The Balaban J connectivity index is 1.86. The Labute approximate surface area is 166 Å². The third kappa shape index (κ3) is 3.56. The normalized spacial score (nSPS) is 18.4. The van der Waals surface area contributed by atoms with E-state index < -0.39 is 40.9 Å². The van der Waals surface area contributed by atoms with Crippen molar-refractivity contribution in [2.75, 3.05) is 13.1 Å². The first-order valence-electron chi connectivity index (χ1n) is 9.53. The molecule has 3 heterocycles. The van der Waals surface area contributed by atoms with Gasteiger partial charge in [0.2, 0.25) is 0 Å². The Hall–Kier alpha value is -2.30. The summed E-state index contributed by atoms with van der Waals surface area (Å²) in [6.07, 6.45) is -1.47. The Kier molecular flexibility index (Phi) is 4.96. The van der Waals surface area contributed by atoms with E-state index in [1.165, 1.54) is 0 Å². The second-order valence-electron chi connectivity index (χ2n) is 7.55. The van der Waals surface area contributed by atoms with Gasteiger partial charge in [0.25, 0.3) is 4.70 Å². The number of carbonyl (C=O) groups is 1. The Morgan fingerprint density at radius 1 is 1.24 bits per heavy atom. The lowest BCUT2D eigenvalue weighted by molar-refractivity contribution is -0.136. The van der Waals surface area contributed by atoms with Crippen LogP contribution in [0.3, 0.4) is 0 Å². The quantitative estimate of drug-likeness (QED) is 0.740. The van der Waals surface area contributed by atoms with Gasteiger partial charge in [-0.05, 0) is 29.7 Å². The van der Waals surface area contributed by atoms with Crippen LogP contribution in [0.5, 0.6) is 0 Å². The first-order valence-corrected chi connectivity index (χ1v) is 11.2. The van der Waals surface area contributed by atoms with Gasteiger partial charge in [-0.15, -0.1) is 0 Å². The Morgan fingerprint density at radius 3 is 2.52 bits per heavy atom. The highest BCUT2D eigenvalue weighted by molar-refractivity contribution is 7.35. The molecule has 1 saturated carbocycles. The number of aromatic nitrogens is 2. The smallest absolute Gasteiger partial charge is 0.336 e. The number of halogens is 3. The fraction of sp³-hybridized carbons (Fsp3) is 0.611. The first kappa shape index (κ1) is 20.0. The maximum atomic E-state index is 13.1. The molecule has 4 rings (SSSR count). The molecule has 0 spiro atoms. The van der Waals surface area contributed by atoms with E-state index in [1.807, 2.05) is 6.26 Å². The van der Waals surface area contributed by atoms with Crippen molar-refractivity contribution in [3.05, 3.63) is 31.8 Å². The number of nitrogens with one attached hydrogen (secondary N) is 1. The minimum absolute atomic E-state index is 0.208. The summed E-state index contributed by atoms with van der Waals surface area (Å²) in [4.78, 5) is 40.4. The fourth-order valence-corrected chi connectivity index (χ4v) is 5.62. The van der Waals surface area contributed by atoms with E-state index in [0.717, 1.165) is 20.4 Å². The summed E-state index contributed by atoms with van der Waals surface area (Å²) in [7, 11) is -0.691. The van der Waals surface area contributed by atoms with Crippen molar-refractivity contribution in [2.24, 2.45) is 6.26 Å². The minimum atomic E-state index is -4.41. The summed E-state index contributed by atoms with van der Waals surface area (Å²) in [6.45, 7) is 0.817. The summed E-state index contributed by atoms with van der Waals surface area (Å²) in [5.74, 6) is 0. The summed E-state index contributed by atoms with van der Waals surface area (Å²) in [6, 6.07) is 1.18. The van der Waals surface area contributed by atoms with E-state index in [2.05, 4.69) is 5.32 Å². The molecule has 1 aliphatic carbocycles. The zero-order valence-electron chi connectivity index (χ0n) is 15.9. The van der Waals surface area contributed by atoms with Crippen molar-refractivity contribution in [1.29, 1.82) is 0 Å². The van der Waals surface area contributed by atoms with Gasteiger partial charge in [0, 0.05) is 31.7 Å². The molecule has 158 valence electrons. The number of thiophene rings is 1. The van der Waals surface area contributed by atoms with Crippen LogP contribution in [0.4, 0.5) is 18.0 Å². The van der Waals surface area contributed by atoms with E-state index in [0.29, 0.717) is 30.6 Å². The molecular formula is C18H22F3N4O3S+. The predicted octanol–water partition coefficient (Wildman–Crippen LogP) is 2.65. The van der Waals surface area contributed by atoms with Gasteiger partial charge in [-0.25, -0.2) is 9.59 Å². The van der Waals surface area contributed by atoms with Crippen molar-refractivity contribution in [1.82, 2.24) is 19.4 Å². The highest BCUT2D eigenvalue weighted by Crippen LogP contribution is 2.35. The van der Waals surface area contributed by atoms with Gasteiger partial charge in [-0.1, -0.05) is 0 Å². The fourth-order valence-electron chi connectivity index (χ4n) is 3.88. The lowest BCUT2D eigenvalue weighted by Gasteiger charge is -2.27. The zero-order valence-corrected chi connectivity index (χ0v) is 16.7. The number of fused-ring (bicyclic) bond motifs is 1. The number of nitrogens with zero attached hydrogens (tertiary/aromatic N) is 3. The topological polar surface area (TPSA) is 76.3 Å².